The van der Waals surface area contributed by atoms with Gasteiger partial charge in [-0.05, 0) is 0 Å². The summed E-state index contributed by atoms with van der Waals surface area (Å²) in [4.78, 5) is 1.90. The minimum absolute atomic E-state index is 0. The molecule has 0 aromatic rings. The zero-order valence-corrected chi connectivity index (χ0v) is 10.0. The minimum atomic E-state index is 0. The Hall–Kier alpha value is 0.794. The van der Waals surface area contributed by atoms with Crippen molar-refractivity contribution < 1.29 is 37.3 Å². The molecule has 0 spiro atoms. The van der Waals surface area contributed by atoms with E-state index >= 15 is 0 Å². The third kappa shape index (κ3) is 5.25. The Morgan fingerprint density at radius 3 is 1.67 bits per heavy atom. The molecule has 0 saturated carbocycles. The summed E-state index contributed by atoms with van der Waals surface area (Å²) in [5.41, 5.74) is 0. The minimum Gasteiger partial charge on any atom is -0.693 e. The number of hydrogen-bond acceptors (Lipinski definition) is 1. The van der Waals surface area contributed by atoms with Gasteiger partial charge in [0.2, 0.25) is 0 Å². The van der Waals surface area contributed by atoms with Crippen LogP contribution in [-0.4, -0.2) is 42.8 Å². The fourth-order valence-corrected chi connectivity index (χ4v) is 0.400. The largest absolute Gasteiger partial charge is 0.693 e. The maximum Gasteiger partial charge on any atom is 0.125 e. The van der Waals surface area contributed by atoms with Crippen molar-refractivity contribution in [1.29, 1.82) is 0 Å². The summed E-state index contributed by atoms with van der Waals surface area (Å²) in [6, 6.07) is 0. The molecule has 0 amide bonds. The summed E-state index contributed by atoms with van der Waals surface area (Å²) < 4.78 is 1.90. The monoisotopic (exact) mass is 221 g/mol. The molecule has 0 aromatic heterocycles. The van der Waals surface area contributed by atoms with Crippen LogP contribution in [0, 0.1) is 0 Å². The van der Waals surface area contributed by atoms with Gasteiger partial charge in [0, 0.05) is 32.7 Å². The molecular formula is C5H12N2SY. The Balaban J connectivity index is 0. The van der Waals surface area contributed by atoms with Gasteiger partial charge in [0.1, 0.15) is 5.17 Å². The standard InChI is InChI=1S/C5H12N2S.Y/c1-6(2)5(8)7(3)4;/h1-4H3;. The first-order chi connectivity index (χ1) is 3.55. The first-order valence-electron chi connectivity index (χ1n) is 2.44. The van der Waals surface area contributed by atoms with Crippen LogP contribution in [-0.2, 0) is 45.3 Å². The van der Waals surface area contributed by atoms with Crippen LogP contribution in [0.15, 0.2) is 0 Å². The van der Waals surface area contributed by atoms with Gasteiger partial charge in [-0.3, -0.25) is 9.48 Å². The summed E-state index contributed by atoms with van der Waals surface area (Å²) >= 11 is 4.95. The first kappa shape index (κ1) is 12.5. The number of amidine groups is 1. The molecule has 0 N–H and O–H groups in total. The van der Waals surface area contributed by atoms with Gasteiger partial charge in [-0.25, -0.2) is 0 Å². The van der Waals surface area contributed by atoms with Crippen molar-refractivity contribution in [3.63, 3.8) is 0 Å². The van der Waals surface area contributed by atoms with Crippen molar-refractivity contribution in [2.45, 2.75) is 0 Å². The molecule has 0 unspecified atom stereocenters. The van der Waals surface area contributed by atoms with Crippen molar-refractivity contribution in [2.24, 2.45) is 0 Å². The summed E-state index contributed by atoms with van der Waals surface area (Å²) in [7, 11) is 7.73. The van der Waals surface area contributed by atoms with Crippen LogP contribution in [0.5, 0.6) is 0 Å². The maximum atomic E-state index is 4.95. The van der Waals surface area contributed by atoms with Gasteiger partial charge in [0.15, 0.2) is 0 Å². The van der Waals surface area contributed by atoms with Crippen LogP contribution < -0.4 is 0 Å². The van der Waals surface area contributed by atoms with E-state index in [4.69, 9.17) is 12.6 Å². The molecule has 1 radical (unpaired) electrons. The topological polar surface area (TPSA) is 6.25 Å². The Kier molecular flexibility index (Phi) is 7.72. The fourth-order valence-electron chi connectivity index (χ4n) is 0.400. The zero-order chi connectivity index (χ0) is 6.73. The molecule has 2 nitrogen and oxygen atoms in total. The molecule has 0 rings (SSSR count). The molecule has 51 valence electrons. The fraction of sp³-hybridized carbons (Fsp3) is 0.800. The van der Waals surface area contributed by atoms with Crippen LogP contribution in [0.4, 0.5) is 0 Å². The van der Waals surface area contributed by atoms with Crippen molar-refractivity contribution in [2.75, 3.05) is 28.2 Å². The molecule has 0 heterocycles. The van der Waals surface area contributed by atoms with Gasteiger partial charge >= 0.3 is 0 Å². The predicted octanol–water partition coefficient (Wildman–Crippen LogP) is -0.280. The zero-order valence-electron chi connectivity index (χ0n) is 6.38. The summed E-state index contributed by atoms with van der Waals surface area (Å²) in [6.07, 6.45) is 0. The summed E-state index contributed by atoms with van der Waals surface area (Å²) in [5.74, 6) is 0. The van der Waals surface area contributed by atoms with Crippen molar-refractivity contribution in [1.82, 2.24) is 4.90 Å². The van der Waals surface area contributed by atoms with E-state index in [-0.39, 0.29) is 32.7 Å². The van der Waals surface area contributed by atoms with E-state index in [1.807, 2.05) is 37.7 Å². The average molecular weight is 221 g/mol. The smallest absolute Gasteiger partial charge is 0.125 e. The molecule has 0 atom stereocenters. The second kappa shape index (κ2) is 5.57. The third-order valence-corrected chi connectivity index (χ3v) is 1.50. The predicted molar refractivity (Wildman–Crippen MR) is 38.2 cm³/mol. The van der Waals surface area contributed by atoms with Crippen molar-refractivity contribution in [3.05, 3.63) is 0 Å². The SMILES string of the molecule is CN(C)C([S-])=[N+](C)C.[Y]. The molecule has 9 heavy (non-hydrogen) atoms. The van der Waals surface area contributed by atoms with Gasteiger partial charge in [0.05, 0.1) is 28.2 Å². The first-order valence-corrected chi connectivity index (χ1v) is 2.85. The van der Waals surface area contributed by atoms with E-state index in [2.05, 4.69) is 0 Å². The summed E-state index contributed by atoms with van der Waals surface area (Å²) in [5, 5.41) is 0.852. The van der Waals surface area contributed by atoms with E-state index < -0.39 is 0 Å². The van der Waals surface area contributed by atoms with E-state index in [0.717, 1.165) is 5.17 Å². The van der Waals surface area contributed by atoms with Crippen LogP contribution in [0.2, 0.25) is 0 Å². The van der Waals surface area contributed by atoms with E-state index in [1.165, 1.54) is 0 Å². The average Bonchev–Trinajstić information content (AvgIpc) is 1.64. The molecule has 0 saturated heterocycles. The molecular weight excluding hydrogens is 209 g/mol. The molecule has 0 aliphatic heterocycles. The quantitative estimate of drug-likeness (QED) is 0.240. The van der Waals surface area contributed by atoms with Crippen molar-refractivity contribution in [3.8, 4) is 0 Å². The van der Waals surface area contributed by atoms with Crippen LogP contribution >= 0.6 is 0 Å². The van der Waals surface area contributed by atoms with Gasteiger partial charge in [-0.1, -0.05) is 0 Å². The number of rotatable bonds is 0. The summed E-state index contributed by atoms with van der Waals surface area (Å²) in [6.45, 7) is 0. The Morgan fingerprint density at radius 2 is 1.67 bits per heavy atom. The third-order valence-electron chi connectivity index (χ3n) is 0.765. The van der Waals surface area contributed by atoms with E-state index in [0.29, 0.717) is 0 Å². The molecule has 0 bridgehead atoms. The number of hydrogen-bond donors (Lipinski definition) is 0. The van der Waals surface area contributed by atoms with E-state index in [9.17, 15) is 0 Å². The Bertz CT molecular complexity index is 108. The molecule has 4 heteroatoms. The Morgan fingerprint density at radius 1 is 1.33 bits per heavy atom. The second-order valence-electron chi connectivity index (χ2n) is 2.07. The molecule has 0 fully saturated rings. The van der Waals surface area contributed by atoms with Gasteiger partial charge < -0.3 is 12.6 Å². The second-order valence-corrected chi connectivity index (χ2v) is 2.44. The molecule has 0 aliphatic carbocycles. The molecule has 0 aliphatic rings. The Labute approximate surface area is 87.6 Å². The molecule has 0 aromatic carbocycles. The number of nitrogens with zero attached hydrogens (tertiary/aromatic N) is 2. The van der Waals surface area contributed by atoms with Gasteiger partial charge in [-0.15, -0.1) is 0 Å². The van der Waals surface area contributed by atoms with Crippen LogP contribution in [0.3, 0.4) is 0 Å². The van der Waals surface area contributed by atoms with Gasteiger partial charge in [0.25, 0.3) is 0 Å². The normalized spacial score (nSPS) is 7.56. The maximum absolute atomic E-state index is 4.95. The van der Waals surface area contributed by atoms with Crippen LogP contribution in [0.1, 0.15) is 0 Å². The van der Waals surface area contributed by atoms with Crippen molar-refractivity contribution >= 4 is 17.8 Å². The van der Waals surface area contributed by atoms with Gasteiger partial charge in [-0.2, -0.15) is 0 Å². The van der Waals surface area contributed by atoms with Crippen LogP contribution in [0.25, 0.3) is 0 Å². The van der Waals surface area contributed by atoms with E-state index in [1.54, 1.807) is 0 Å².